The highest BCUT2D eigenvalue weighted by molar-refractivity contribution is 7.07. The number of anilines is 1. The van der Waals surface area contributed by atoms with Crippen LogP contribution in [0.15, 0.2) is 29.1 Å². The first-order valence-corrected chi connectivity index (χ1v) is 8.10. The van der Waals surface area contributed by atoms with E-state index in [1.807, 2.05) is 18.6 Å². The molecule has 108 valence electrons. The summed E-state index contributed by atoms with van der Waals surface area (Å²) in [5, 5.41) is 6.24. The average Bonchev–Trinajstić information content (AvgIpc) is 2.92. The molecule has 5 heteroatoms. The summed E-state index contributed by atoms with van der Waals surface area (Å²) in [6, 6.07) is 6.25. The van der Waals surface area contributed by atoms with Crippen LogP contribution in [0.1, 0.15) is 24.6 Å². The molecule has 0 saturated heterocycles. The zero-order chi connectivity index (χ0) is 14.4. The normalized spacial score (nSPS) is 10.8. The molecule has 1 N–H and O–H groups in total. The lowest BCUT2D eigenvalue weighted by Crippen LogP contribution is -2.17. The third-order valence-electron chi connectivity index (χ3n) is 3.06. The molecule has 0 bridgehead atoms. The van der Waals surface area contributed by atoms with E-state index >= 15 is 0 Å². The van der Waals surface area contributed by atoms with Gasteiger partial charge in [-0.1, -0.05) is 24.6 Å². The van der Waals surface area contributed by atoms with Gasteiger partial charge in [0.2, 0.25) is 0 Å². The lowest BCUT2D eigenvalue weighted by atomic mass is 10.2. The number of aromatic nitrogens is 1. The van der Waals surface area contributed by atoms with Crippen molar-refractivity contribution in [1.82, 2.24) is 10.3 Å². The Morgan fingerprint density at radius 2 is 2.25 bits per heavy atom. The minimum absolute atomic E-state index is 0.774. The van der Waals surface area contributed by atoms with Gasteiger partial charge in [0, 0.05) is 19.0 Å². The van der Waals surface area contributed by atoms with Crippen LogP contribution in [-0.2, 0) is 13.1 Å². The van der Waals surface area contributed by atoms with Crippen LogP contribution in [0.2, 0.25) is 5.02 Å². The Morgan fingerprint density at radius 1 is 1.40 bits per heavy atom. The second kappa shape index (κ2) is 7.62. The lowest BCUT2D eigenvalue weighted by molar-refractivity contribution is 0.675. The van der Waals surface area contributed by atoms with E-state index in [9.17, 15) is 0 Å². The van der Waals surface area contributed by atoms with Gasteiger partial charge in [0.05, 0.1) is 28.5 Å². The molecule has 0 aliphatic heterocycles. The van der Waals surface area contributed by atoms with Gasteiger partial charge in [0.1, 0.15) is 0 Å². The summed E-state index contributed by atoms with van der Waals surface area (Å²) in [5.41, 5.74) is 5.18. The van der Waals surface area contributed by atoms with Crippen molar-refractivity contribution in [2.24, 2.45) is 0 Å². The Morgan fingerprint density at radius 3 is 2.90 bits per heavy atom. The van der Waals surface area contributed by atoms with E-state index in [0.717, 1.165) is 42.5 Å². The Labute approximate surface area is 129 Å². The molecule has 0 radical (unpaired) electrons. The van der Waals surface area contributed by atoms with Gasteiger partial charge in [0.25, 0.3) is 0 Å². The predicted octanol–water partition coefficient (Wildman–Crippen LogP) is 3.93. The maximum atomic E-state index is 6.39. The zero-order valence-corrected chi connectivity index (χ0v) is 13.5. The fraction of sp³-hybridized carbons (Fsp3) is 0.400. The summed E-state index contributed by atoms with van der Waals surface area (Å²) in [7, 11) is 2.04. The fourth-order valence-electron chi connectivity index (χ4n) is 2.02. The first-order chi connectivity index (χ1) is 9.70. The standard InChI is InChI=1S/C15H20ClN3S/c1-3-6-17-8-12-4-5-15(14(16)7-12)19(2)9-13-10-20-11-18-13/h4-5,7,10-11,17H,3,6,8-9H2,1-2H3. The summed E-state index contributed by atoms with van der Waals surface area (Å²) in [5.74, 6) is 0. The van der Waals surface area contributed by atoms with E-state index in [-0.39, 0.29) is 0 Å². The minimum atomic E-state index is 0.774. The first-order valence-electron chi connectivity index (χ1n) is 6.78. The SMILES string of the molecule is CCCNCc1ccc(N(C)Cc2cscn2)c(Cl)c1. The molecule has 0 spiro atoms. The first kappa shape index (κ1) is 15.3. The van der Waals surface area contributed by atoms with Gasteiger partial charge in [-0.05, 0) is 30.7 Å². The van der Waals surface area contributed by atoms with E-state index in [1.165, 1.54) is 5.56 Å². The number of benzene rings is 1. The number of halogens is 1. The van der Waals surface area contributed by atoms with Gasteiger partial charge in [-0.25, -0.2) is 4.98 Å². The number of nitrogens with one attached hydrogen (secondary N) is 1. The molecule has 2 aromatic rings. The van der Waals surface area contributed by atoms with Crippen molar-refractivity contribution in [1.29, 1.82) is 0 Å². The molecule has 0 amide bonds. The van der Waals surface area contributed by atoms with Crippen molar-refractivity contribution in [3.63, 3.8) is 0 Å². The lowest BCUT2D eigenvalue weighted by Gasteiger charge is -2.20. The molecule has 1 aromatic heterocycles. The van der Waals surface area contributed by atoms with E-state index in [2.05, 4.69) is 39.6 Å². The van der Waals surface area contributed by atoms with Crippen LogP contribution in [0.3, 0.4) is 0 Å². The molecule has 1 aromatic carbocycles. The Balaban J connectivity index is 2.01. The number of nitrogens with zero attached hydrogens (tertiary/aromatic N) is 2. The molecule has 0 unspecified atom stereocenters. The zero-order valence-electron chi connectivity index (χ0n) is 11.9. The smallest absolute Gasteiger partial charge is 0.0795 e. The second-order valence-electron chi connectivity index (χ2n) is 4.80. The van der Waals surface area contributed by atoms with Gasteiger partial charge in [0.15, 0.2) is 0 Å². The van der Waals surface area contributed by atoms with E-state index in [1.54, 1.807) is 11.3 Å². The van der Waals surface area contributed by atoms with Crippen LogP contribution >= 0.6 is 22.9 Å². The molecule has 3 nitrogen and oxygen atoms in total. The van der Waals surface area contributed by atoms with Gasteiger partial charge in [-0.3, -0.25) is 0 Å². The topological polar surface area (TPSA) is 28.2 Å². The monoisotopic (exact) mass is 309 g/mol. The molecule has 0 aliphatic rings. The summed E-state index contributed by atoms with van der Waals surface area (Å²) < 4.78 is 0. The van der Waals surface area contributed by atoms with Crippen LogP contribution in [0.5, 0.6) is 0 Å². The minimum Gasteiger partial charge on any atom is -0.367 e. The summed E-state index contributed by atoms with van der Waals surface area (Å²) in [6.07, 6.45) is 1.14. The molecular formula is C15H20ClN3S. The van der Waals surface area contributed by atoms with Gasteiger partial charge in [-0.15, -0.1) is 11.3 Å². The van der Waals surface area contributed by atoms with Crippen molar-refractivity contribution in [3.8, 4) is 0 Å². The third kappa shape index (κ3) is 4.20. The molecule has 20 heavy (non-hydrogen) atoms. The van der Waals surface area contributed by atoms with Crippen molar-refractivity contribution >= 4 is 28.6 Å². The highest BCUT2D eigenvalue weighted by atomic mass is 35.5. The van der Waals surface area contributed by atoms with Gasteiger partial charge in [-0.2, -0.15) is 0 Å². The van der Waals surface area contributed by atoms with E-state index < -0.39 is 0 Å². The van der Waals surface area contributed by atoms with Crippen LogP contribution in [0, 0.1) is 0 Å². The maximum Gasteiger partial charge on any atom is 0.0795 e. The molecule has 2 rings (SSSR count). The molecule has 0 atom stereocenters. The highest BCUT2D eigenvalue weighted by Crippen LogP contribution is 2.27. The van der Waals surface area contributed by atoms with Crippen molar-refractivity contribution in [2.75, 3.05) is 18.5 Å². The number of thiazole rings is 1. The largest absolute Gasteiger partial charge is 0.367 e. The van der Waals surface area contributed by atoms with Crippen molar-refractivity contribution in [3.05, 3.63) is 45.4 Å². The van der Waals surface area contributed by atoms with Crippen LogP contribution in [0.25, 0.3) is 0 Å². The fourth-order valence-corrected chi connectivity index (χ4v) is 2.92. The molecule has 0 fully saturated rings. The molecule has 0 aliphatic carbocycles. The van der Waals surface area contributed by atoms with E-state index in [0.29, 0.717) is 0 Å². The average molecular weight is 310 g/mol. The second-order valence-corrected chi connectivity index (χ2v) is 5.92. The highest BCUT2D eigenvalue weighted by Gasteiger charge is 2.08. The van der Waals surface area contributed by atoms with Gasteiger partial charge < -0.3 is 10.2 Å². The number of rotatable bonds is 7. The van der Waals surface area contributed by atoms with Crippen LogP contribution in [0.4, 0.5) is 5.69 Å². The Bertz CT molecular complexity index is 528. The molecule has 0 saturated carbocycles. The third-order valence-corrected chi connectivity index (χ3v) is 4.00. The Kier molecular flexibility index (Phi) is 5.83. The molecular weight excluding hydrogens is 290 g/mol. The van der Waals surface area contributed by atoms with Crippen LogP contribution < -0.4 is 10.2 Å². The number of hydrogen-bond donors (Lipinski definition) is 1. The molecule has 1 heterocycles. The van der Waals surface area contributed by atoms with Crippen molar-refractivity contribution in [2.45, 2.75) is 26.4 Å². The summed E-state index contributed by atoms with van der Waals surface area (Å²) in [6.45, 7) is 4.83. The predicted molar refractivity (Wildman–Crippen MR) is 87.7 cm³/mol. The Hall–Kier alpha value is -1.10. The van der Waals surface area contributed by atoms with Crippen molar-refractivity contribution < 1.29 is 0 Å². The summed E-state index contributed by atoms with van der Waals surface area (Å²) >= 11 is 8.01. The van der Waals surface area contributed by atoms with E-state index in [4.69, 9.17) is 11.6 Å². The van der Waals surface area contributed by atoms with Crippen LogP contribution in [-0.4, -0.2) is 18.6 Å². The number of hydrogen-bond acceptors (Lipinski definition) is 4. The maximum absolute atomic E-state index is 6.39. The van der Waals surface area contributed by atoms with Gasteiger partial charge >= 0.3 is 0 Å². The summed E-state index contributed by atoms with van der Waals surface area (Å²) in [4.78, 5) is 6.43. The quantitative estimate of drug-likeness (QED) is 0.785.